The van der Waals surface area contributed by atoms with E-state index in [2.05, 4.69) is 11.9 Å². The summed E-state index contributed by atoms with van der Waals surface area (Å²) in [6, 6.07) is 5.20. The number of nitrogens with zero attached hydrogens (tertiary/aromatic N) is 2. The number of piperidine rings is 1. The minimum absolute atomic E-state index is 0.209. The van der Waals surface area contributed by atoms with Gasteiger partial charge in [0, 0.05) is 24.2 Å². The van der Waals surface area contributed by atoms with Gasteiger partial charge in [0.05, 0.1) is 4.90 Å². The van der Waals surface area contributed by atoms with Crippen molar-refractivity contribution in [1.82, 2.24) is 9.80 Å². The van der Waals surface area contributed by atoms with Crippen LogP contribution in [0.2, 0.25) is 0 Å². The number of likely N-dealkylation sites (tertiary alicyclic amines) is 2. The van der Waals surface area contributed by atoms with E-state index < -0.39 is 15.1 Å². The van der Waals surface area contributed by atoms with Crippen LogP contribution in [0.15, 0.2) is 29.2 Å². The predicted octanol–water partition coefficient (Wildman–Crippen LogP) is 2.05. The van der Waals surface area contributed by atoms with Crippen LogP contribution in [0.25, 0.3) is 0 Å². The number of rotatable bonds is 2. The summed E-state index contributed by atoms with van der Waals surface area (Å²) in [5.41, 5.74) is 0.431. The molecule has 1 aromatic carbocycles. The average Bonchev–Trinajstić information content (AvgIpc) is 2.87. The van der Waals surface area contributed by atoms with Crippen LogP contribution in [0.3, 0.4) is 0 Å². The van der Waals surface area contributed by atoms with Gasteiger partial charge in [0.25, 0.3) is 5.91 Å². The Bertz CT molecular complexity index is 712. The van der Waals surface area contributed by atoms with Gasteiger partial charge in [0.2, 0.25) is 0 Å². The number of hydrogen-bond donors (Lipinski definition) is 0. The molecule has 0 aliphatic carbocycles. The van der Waals surface area contributed by atoms with Gasteiger partial charge in [-0.1, -0.05) is 6.07 Å². The standard InChI is InChI=1S/C16H21FN2O3S/c1-18-9-3-6-16(18)7-10-19(11-8-16)15(20)13-4-2-5-14(12-13)23(17,21)22/h2,4-5,12H,3,6-11H2,1H3. The van der Waals surface area contributed by atoms with Gasteiger partial charge in [-0.3, -0.25) is 4.79 Å². The molecule has 5 nitrogen and oxygen atoms in total. The molecule has 2 fully saturated rings. The first-order chi connectivity index (χ1) is 10.8. The lowest BCUT2D eigenvalue weighted by molar-refractivity contribution is 0.0492. The monoisotopic (exact) mass is 340 g/mol. The molecule has 0 aromatic heterocycles. The van der Waals surface area contributed by atoms with E-state index in [9.17, 15) is 17.1 Å². The largest absolute Gasteiger partial charge is 0.339 e. The van der Waals surface area contributed by atoms with Gasteiger partial charge in [0.1, 0.15) is 0 Å². The summed E-state index contributed by atoms with van der Waals surface area (Å²) in [6.45, 7) is 2.40. The Labute approximate surface area is 136 Å². The molecule has 0 atom stereocenters. The van der Waals surface area contributed by atoms with Crippen molar-refractivity contribution in [2.24, 2.45) is 0 Å². The molecule has 0 unspecified atom stereocenters. The van der Waals surface area contributed by atoms with E-state index in [0.29, 0.717) is 13.1 Å². The van der Waals surface area contributed by atoms with Crippen molar-refractivity contribution in [3.63, 3.8) is 0 Å². The normalized spacial score (nSPS) is 21.7. The van der Waals surface area contributed by atoms with E-state index in [1.165, 1.54) is 25.0 Å². The van der Waals surface area contributed by atoms with Gasteiger partial charge < -0.3 is 9.80 Å². The van der Waals surface area contributed by atoms with Gasteiger partial charge >= 0.3 is 10.2 Å². The lowest BCUT2D eigenvalue weighted by Gasteiger charge is -2.43. The molecule has 2 aliphatic rings. The smallest absolute Gasteiger partial charge is 0.332 e. The first-order valence-electron chi connectivity index (χ1n) is 7.87. The number of halogens is 1. The van der Waals surface area contributed by atoms with Crippen LogP contribution in [0.1, 0.15) is 36.0 Å². The van der Waals surface area contributed by atoms with E-state index in [-0.39, 0.29) is 17.0 Å². The maximum Gasteiger partial charge on any atom is 0.332 e. The first kappa shape index (κ1) is 16.4. The van der Waals surface area contributed by atoms with Gasteiger partial charge in [0.15, 0.2) is 0 Å². The van der Waals surface area contributed by atoms with Crippen LogP contribution in [0.4, 0.5) is 3.89 Å². The summed E-state index contributed by atoms with van der Waals surface area (Å²) in [4.78, 5) is 16.2. The van der Waals surface area contributed by atoms with Crippen molar-refractivity contribution in [2.75, 3.05) is 26.7 Å². The van der Waals surface area contributed by atoms with Crippen LogP contribution in [-0.4, -0.2) is 56.3 Å². The van der Waals surface area contributed by atoms with Crippen LogP contribution >= 0.6 is 0 Å². The zero-order valence-electron chi connectivity index (χ0n) is 13.2. The van der Waals surface area contributed by atoms with Crippen molar-refractivity contribution in [3.8, 4) is 0 Å². The van der Waals surface area contributed by atoms with E-state index >= 15 is 0 Å². The Balaban J connectivity index is 1.73. The average molecular weight is 340 g/mol. The Morgan fingerprint density at radius 2 is 1.87 bits per heavy atom. The summed E-state index contributed by atoms with van der Waals surface area (Å²) in [5, 5.41) is 0. The molecule has 7 heteroatoms. The van der Waals surface area contributed by atoms with E-state index in [1.54, 1.807) is 4.90 Å². The van der Waals surface area contributed by atoms with E-state index in [4.69, 9.17) is 0 Å². The molecule has 23 heavy (non-hydrogen) atoms. The summed E-state index contributed by atoms with van der Waals surface area (Å²) < 4.78 is 35.1. The lowest BCUT2D eigenvalue weighted by Crippen LogP contribution is -2.51. The fourth-order valence-corrected chi connectivity index (χ4v) is 4.30. The van der Waals surface area contributed by atoms with Gasteiger partial charge in [-0.2, -0.15) is 8.42 Å². The molecular weight excluding hydrogens is 319 g/mol. The number of carbonyl (C=O) groups is 1. The van der Waals surface area contributed by atoms with Gasteiger partial charge in [-0.25, -0.2) is 0 Å². The number of carbonyl (C=O) groups excluding carboxylic acids is 1. The molecule has 0 radical (unpaired) electrons. The minimum atomic E-state index is -4.79. The molecule has 0 bridgehead atoms. The van der Waals surface area contributed by atoms with E-state index in [0.717, 1.165) is 31.5 Å². The summed E-state index contributed by atoms with van der Waals surface area (Å²) in [6.07, 6.45) is 4.22. The van der Waals surface area contributed by atoms with Crippen molar-refractivity contribution in [1.29, 1.82) is 0 Å². The van der Waals surface area contributed by atoms with Gasteiger partial charge in [-0.05, 0) is 57.5 Å². The molecule has 2 saturated heterocycles. The first-order valence-corrected chi connectivity index (χ1v) is 9.25. The fourth-order valence-electron chi connectivity index (χ4n) is 3.79. The highest BCUT2D eigenvalue weighted by Gasteiger charge is 2.41. The molecule has 0 saturated carbocycles. The number of amides is 1. The second-order valence-corrected chi connectivity index (χ2v) is 7.85. The molecule has 1 amide bonds. The Hall–Kier alpha value is -1.47. The highest BCUT2D eigenvalue weighted by atomic mass is 32.3. The fraction of sp³-hybridized carbons (Fsp3) is 0.562. The minimum Gasteiger partial charge on any atom is -0.339 e. The van der Waals surface area contributed by atoms with Crippen LogP contribution in [0, 0.1) is 0 Å². The maximum atomic E-state index is 13.1. The molecule has 2 aliphatic heterocycles. The second-order valence-electron chi connectivity index (χ2n) is 6.51. The summed E-state index contributed by atoms with van der Waals surface area (Å²) in [7, 11) is -2.65. The van der Waals surface area contributed by atoms with Gasteiger partial charge in [-0.15, -0.1) is 3.89 Å². The third kappa shape index (κ3) is 3.12. The zero-order chi connectivity index (χ0) is 16.7. The van der Waals surface area contributed by atoms with E-state index in [1.807, 2.05) is 0 Å². The highest BCUT2D eigenvalue weighted by Crippen LogP contribution is 2.37. The number of hydrogen-bond acceptors (Lipinski definition) is 4. The number of benzene rings is 1. The van der Waals surface area contributed by atoms with Crippen LogP contribution < -0.4 is 0 Å². The van der Waals surface area contributed by atoms with Crippen molar-refractivity contribution in [3.05, 3.63) is 29.8 Å². The predicted molar refractivity (Wildman–Crippen MR) is 84.5 cm³/mol. The summed E-state index contributed by atoms with van der Waals surface area (Å²) in [5.74, 6) is -0.231. The molecule has 126 valence electrons. The van der Waals surface area contributed by atoms with Crippen molar-refractivity contribution >= 4 is 16.1 Å². The molecular formula is C16H21FN2O3S. The molecule has 1 aromatic rings. The molecule has 3 rings (SSSR count). The second kappa shape index (κ2) is 5.87. The summed E-state index contributed by atoms with van der Waals surface area (Å²) >= 11 is 0. The Kier molecular flexibility index (Phi) is 4.18. The third-order valence-electron chi connectivity index (χ3n) is 5.29. The highest BCUT2D eigenvalue weighted by molar-refractivity contribution is 7.86. The Morgan fingerprint density at radius 1 is 1.17 bits per heavy atom. The lowest BCUT2D eigenvalue weighted by atomic mass is 9.85. The topological polar surface area (TPSA) is 57.7 Å². The third-order valence-corrected chi connectivity index (χ3v) is 6.11. The molecule has 2 heterocycles. The zero-order valence-corrected chi connectivity index (χ0v) is 14.0. The van der Waals surface area contributed by atoms with Crippen molar-refractivity contribution in [2.45, 2.75) is 36.1 Å². The Morgan fingerprint density at radius 3 is 2.43 bits per heavy atom. The SMILES string of the molecule is CN1CCCC12CCN(C(=O)c1cccc(S(=O)(=O)F)c1)CC2. The molecule has 1 spiro atoms. The van der Waals surface area contributed by atoms with Crippen molar-refractivity contribution < 1.29 is 17.1 Å². The quantitative estimate of drug-likeness (QED) is 0.773. The van der Waals surface area contributed by atoms with Crippen LogP contribution in [0.5, 0.6) is 0 Å². The van der Waals surface area contributed by atoms with Crippen LogP contribution in [-0.2, 0) is 10.2 Å². The molecule has 0 N–H and O–H groups in total. The maximum absolute atomic E-state index is 13.1.